The molecule has 0 saturated heterocycles. The molecular weight excluding hydrogens is 186 g/mol. The normalized spacial score (nSPS) is 13.4. The number of hydrogen-bond donors (Lipinski definition) is 1. The Kier molecular flexibility index (Phi) is 10.4. The van der Waals surface area contributed by atoms with Crippen LogP contribution < -0.4 is 0 Å². The first-order valence-electron chi connectivity index (χ1n) is 6.64. The van der Waals surface area contributed by atoms with Crippen LogP contribution in [-0.4, -0.2) is 35.7 Å². The van der Waals surface area contributed by atoms with E-state index in [1.54, 1.807) is 0 Å². The Labute approximate surface area is 95.7 Å². The van der Waals surface area contributed by atoms with Crippen LogP contribution in [0.2, 0.25) is 0 Å². The number of unbranched alkanes of at least 4 members (excludes halogenated alkanes) is 2. The molecule has 0 aliphatic heterocycles. The van der Waals surface area contributed by atoms with Gasteiger partial charge in [-0.2, -0.15) is 0 Å². The lowest BCUT2D eigenvalue weighted by Crippen LogP contribution is -2.34. The van der Waals surface area contributed by atoms with E-state index in [1.807, 2.05) is 0 Å². The van der Waals surface area contributed by atoms with Gasteiger partial charge in [0.05, 0.1) is 6.10 Å². The number of aliphatic hydroxyl groups excluding tert-OH is 1. The minimum atomic E-state index is -0.122. The maximum absolute atomic E-state index is 9.78. The van der Waals surface area contributed by atoms with Crippen LogP contribution in [0.3, 0.4) is 0 Å². The minimum absolute atomic E-state index is 0.122. The Hall–Kier alpha value is -0.0800. The van der Waals surface area contributed by atoms with Crippen molar-refractivity contribution < 1.29 is 5.11 Å². The summed E-state index contributed by atoms with van der Waals surface area (Å²) in [6.45, 7) is 9.75. The van der Waals surface area contributed by atoms with E-state index in [0.29, 0.717) is 0 Å². The SMILES string of the molecule is CCCCN(CCCC)CC(O)CCC. The van der Waals surface area contributed by atoms with Gasteiger partial charge in [0.25, 0.3) is 0 Å². The smallest absolute Gasteiger partial charge is 0.0667 e. The second kappa shape index (κ2) is 10.4. The highest BCUT2D eigenvalue weighted by molar-refractivity contribution is 4.64. The van der Waals surface area contributed by atoms with E-state index in [-0.39, 0.29) is 6.10 Å². The van der Waals surface area contributed by atoms with Crippen molar-refractivity contribution in [3.8, 4) is 0 Å². The second-order valence-electron chi connectivity index (χ2n) is 4.45. The highest BCUT2D eigenvalue weighted by Gasteiger charge is 2.09. The third-order valence-corrected chi connectivity index (χ3v) is 2.75. The van der Waals surface area contributed by atoms with Crippen LogP contribution in [0.15, 0.2) is 0 Å². The molecule has 0 amide bonds. The number of aliphatic hydroxyl groups is 1. The molecule has 0 aliphatic rings. The zero-order chi connectivity index (χ0) is 11.5. The predicted octanol–water partition coefficient (Wildman–Crippen LogP) is 3.05. The predicted molar refractivity (Wildman–Crippen MR) is 67.2 cm³/mol. The fraction of sp³-hybridized carbons (Fsp3) is 1.00. The van der Waals surface area contributed by atoms with Crippen LogP contribution in [0.1, 0.15) is 59.3 Å². The molecule has 0 spiro atoms. The largest absolute Gasteiger partial charge is 0.392 e. The molecule has 0 aromatic carbocycles. The quantitative estimate of drug-likeness (QED) is 0.605. The molecule has 0 radical (unpaired) electrons. The van der Waals surface area contributed by atoms with Crippen molar-refractivity contribution in [2.45, 2.75) is 65.4 Å². The zero-order valence-electron chi connectivity index (χ0n) is 10.8. The molecule has 0 bridgehead atoms. The number of rotatable bonds is 10. The van der Waals surface area contributed by atoms with Crippen molar-refractivity contribution >= 4 is 0 Å². The molecule has 0 aromatic heterocycles. The highest BCUT2D eigenvalue weighted by atomic mass is 16.3. The Bertz CT molecular complexity index is 120. The molecular formula is C13H29NO. The van der Waals surface area contributed by atoms with Gasteiger partial charge in [-0.3, -0.25) is 0 Å². The summed E-state index contributed by atoms with van der Waals surface area (Å²) in [5.41, 5.74) is 0. The lowest BCUT2D eigenvalue weighted by Gasteiger charge is -2.24. The standard InChI is InChI=1S/C13H29NO/c1-4-7-10-14(11-8-5-2)12-13(15)9-6-3/h13,15H,4-12H2,1-3H3. The third kappa shape index (κ3) is 8.88. The van der Waals surface area contributed by atoms with E-state index in [4.69, 9.17) is 0 Å². The van der Waals surface area contributed by atoms with Crippen molar-refractivity contribution in [1.29, 1.82) is 0 Å². The van der Waals surface area contributed by atoms with E-state index in [1.165, 1.54) is 25.7 Å². The van der Waals surface area contributed by atoms with Crippen LogP contribution in [0.5, 0.6) is 0 Å². The van der Waals surface area contributed by atoms with Gasteiger partial charge in [-0.1, -0.05) is 40.0 Å². The van der Waals surface area contributed by atoms with Crippen molar-refractivity contribution in [3.63, 3.8) is 0 Å². The summed E-state index contributed by atoms with van der Waals surface area (Å²) in [7, 11) is 0. The van der Waals surface area contributed by atoms with Gasteiger partial charge >= 0.3 is 0 Å². The van der Waals surface area contributed by atoms with Gasteiger partial charge < -0.3 is 10.0 Å². The minimum Gasteiger partial charge on any atom is -0.392 e. The Morgan fingerprint density at radius 1 is 0.933 bits per heavy atom. The molecule has 15 heavy (non-hydrogen) atoms. The summed E-state index contributed by atoms with van der Waals surface area (Å²) < 4.78 is 0. The molecule has 2 nitrogen and oxygen atoms in total. The van der Waals surface area contributed by atoms with Crippen LogP contribution in [0, 0.1) is 0 Å². The zero-order valence-corrected chi connectivity index (χ0v) is 10.8. The molecule has 0 aliphatic carbocycles. The average molecular weight is 215 g/mol. The van der Waals surface area contributed by atoms with E-state index in [9.17, 15) is 5.11 Å². The molecule has 1 unspecified atom stereocenters. The van der Waals surface area contributed by atoms with Gasteiger partial charge in [0.15, 0.2) is 0 Å². The molecule has 0 heterocycles. The average Bonchev–Trinajstić information content (AvgIpc) is 2.22. The first-order chi connectivity index (χ1) is 7.24. The Morgan fingerprint density at radius 2 is 1.47 bits per heavy atom. The van der Waals surface area contributed by atoms with Gasteiger partial charge in [0.1, 0.15) is 0 Å². The molecule has 2 heteroatoms. The molecule has 92 valence electrons. The van der Waals surface area contributed by atoms with Crippen molar-refractivity contribution in [1.82, 2.24) is 4.90 Å². The van der Waals surface area contributed by atoms with Crippen LogP contribution in [-0.2, 0) is 0 Å². The Balaban J connectivity index is 3.76. The maximum atomic E-state index is 9.78. The van der Waals surface area contributed by atoms with Gasteiger partial charge in [-0.15, -0.1) is 0 Å². The van der Waals surface area contributed by atoms with Crippen LogP contribution >= 0.6 is 0 Å². The lowest BCUT2D eigenvalue weighted by atomic mass is 10.2. The summed E-state index contributed by atoms with van der Waals surface area (Å²) in [5.74, 6) is 0. The molecule has 0 aromatic rings. The second-order valence-corrected chi connectivity index (χ2v) is 4.45. The van der Waals surface area contributed by atoms with E-state index >= 15 is 0 Å². The fourth-order valence-corrected chi connectivity index (χ4v) is 1.78. The van der Waals surface area contributed by atoms with E-state index < -0.39 is 0 Å². The fourth-order valence-electron chi connectivity index (χ4n) is 1.78. The Morgan fingerprint density at radius 3 is 1.87 bits per heavy atom. The van der Waals surface area contributed by atoms with E-state index in [2.05, 4.69) is 25.7 Å². The topological polar surface area (TPSA) is 23.5 Å². The summed E-state index contributed by atoms with van der Waals surface area (Å²) in [6, 6.07) is 0. The van der Waals surface area contributed by atoms with Crippen LogP contribution in [0.4, 0.5) is 0 Å². The summed E-state index contributed by atoms with van der Waals surface area (Å²) in [4.78, 5) is 2.42. The van der Waals surface area contributed by atoms with Crippen molar-refractivity contribution in [3.05, 3.63) is 0 Å². The van der Waals surface area contributed by atoms with Gasteiger partial charge in [0.2, 0.25) is 0 Å². The van der Waals surface area contributed by atoms with E-state index in [0.717, 1.165) is 32.5 Å². The monoisotopic (exact) mass is 215 g/mol. The van der Waals surface area contributed by atoms with Gasteiger partial charge in [-0.25, -0.2) is 0 Å². The highest BCUT2D eigenvalue weighted by Crippen LogP contribution is 2.04. The molecule has 0 fully saturated rings. The summed E-state index contributed by atoms with van der Waals surface area (Å²) in [6.07, 6.45) is 6.89. The van der Waals surface area contributed by atoms with Crippen molar-refractivity contribution in [2.24, 2.45) is 0 Å². The first-order valence-corrected chi connectivity index (χ1v) is 6.64. The lowest BCUT2D eigenvalue weighted by molar-refractivity contribution is 0.103. The van der Waals surface area contributed by atoms with Gasteiger partial charge in [0, 0.05) is 6.54 Å². The van der Waals surface area contributed by atoms with Crippen molar-refractivity contribution in [2.75, 3.05) is 19.6 Å². The first kappa shape index (κ1) is 14.9. The molecule has 1 atom stereocenters. The number of nitrogens with zero attached hydrogens (tertiary/aromatic N) is 1. The summed E-state index contributed by atoms with van der Waals surface area (Å²) >= 11 is 0. The summed E-state index contributed by atoms with van der Waals surface area (Å²) in [5, 5.41) is 9.78. The number of hydrogen-bond acceptors (Lipinski definition) is 2. The molecule has 0 saturated carbocycles. The molecule has 0 rings (SSSR count). The van der Waals surface area contributed by atoms with Gasteiger partial charge in [-0.05, 0) is 32.4 Å². The third-order valence-electron chi connectivity index (χ3n) is 2.75. The molecule has 1 N–H and O–H groups in total. The van der Waals surface area contributed by atoms with Crippen LogP contribution in [0.25, 0.3) is 0 Å². The maximum Gasteiger partial charge on any atom is 0.0667 e.